The molecule has 2 heterocycles. The minimum Gasteiger partial charge on any atom is -0.496 e. The fraction of sp³-hybridized carbons (Fsp3) is 0.640. The average Bonchev–Trinajstić information content (AvgIpc) is 3.02. The SMILES string of the molecule is COc1cc(N)c(Cl)cc1C(=O)NC1CC2CCC(C1)N2CCCC(=O)OCOC(=O)C(C)(C)C. The first-order valence-electron chi connectivity index (χ1n) is 12.0. The zero-order chi connectivity index (χ0) is 25.8. The van der Waals surface area contributed by atoms with Gasteiger partial charge in [-0.25, -0.2) is 0 Å². The molecule has 0 radical (unpaired) electrons. The number of methoxy groups -OCH3 is 1. The Kier molecular flexibility index (Phi) is 8.88. The van der Waals surface area contributed by atoms with Crippen LogP contribution < -0.4 is 15.8 Å². The number of piperidine rings is 1. The van der Waals surface area contributed by atoms with Crippen LogP contribution in [0.3, 0.4) is 0 Å². The van der Waals surface area contributed by atoms with E-state index >= 15 is 0 Å². The van der Waals surface area contributed by atoms with Crippen LogP contribution >= 0.6 is 11.6 Å². The molecule has 2 bridgehead atoms. The molecule has 194 valence electrons. The largest absolute Gasteiger partial charge is 0.496 e. The van der Waals surface area contributed by atoms with E-state index in [1.54, 1.807) is 26.8 Å². The molecule has 10 heteroatoms. The molecule has 3 N–H and O–H groups in total. The molecule has 2 unspecified atom stereocenters. The smallest absolute Gasteiger partial charge is 0.314 e. The molecule has 0 spiro atoms. The van der Waals surface area contributed by atoms with Crippen LogP contribution in [0.25, 0.3) is 0 Å². The molecule has 1 amide bonds. The lowest BCUT2D eigenvalue weighted by atomic mass is 9.96. The van der Waals surface area contributed by atoms with E-state index in [4.69, 9.17) is 31.5 Å². The van der Waals surface area contributed by atoms with Crippen LogP contribution in [0, 0.1) is 5.41 Å². The first kappa shape index (κ1) is 27.1. The van der Waals surface area contributed by atoms with Gasteiger partial charge in [0.2, 0.25) is 6.79 Å². The monoisotopic (exact) mass is 509 g/mol. The van der Waals surface area contributed by atoms with E-state index in [2.05, 4.69) is 10.2 Å². The Morgan fingerprint density at radius 1 is 1.14 bits per heavy atom. The first-order valence-corrected chi connectivity index (χ1v) is 12.4. The minimum atomic E-state index is -0.633. The van der Waals surface area contributed by atoms with Gasteiger partial charge in [0, 0.05) is 30.6 Å². The normalized spacial score (nSPS) is 21.9. The molecule has 35 heavy (non-hydrogen) atoms. The van der Waals surface area contributed by atoms with Crippen molar-refractivity contribution in [2.24, 2.45) is 5.41 Å². The summed E-state index contributed by atoms with van der Waals surface area (Å²) in [5, 5.41) is 3.45. The summed E-state index contributed by atoms with van der Waals surface area (Å²) in [7, 11) is 1.49. The van der Waals surface area contributed by atoms with E-state index < -0.39 is 11.4 Å². The topological polar surface area (TPSA) is 120 Å². The third kappa shape index (κ3) is 7.01. The minimum absolute atomic E-state index is 0.0553. The quantitative estimate of drug-likeness (QED) is 0.294. The van der Waals surface area contributed by atoms with E-state index in [1.807, 2.05) is 0 Å². The highest BCUT2D eigenvalue weighted by Gasteiger charge is 2.41. The van der Waals surface area contributed by atoms with Crippen LogP contribution in [0.5, 0.6) is 5.75 Å². The predicted molar refractivity (Wildman–Crippen MR) is 132 cm³/mol. The summed E-state index contributed by atoms with van der Waals surface area (Å²) in [6.07, 6.45) is 4.77. The second kappa shape index (κ2) is 11.5. The van der Waals surface area contributed by atoms with Crippen LogP contribution in [0.15, 0.2) is 12.1 Å². The lowest BCUT2D eigenvalue weighted by Crippen LogP contribution is -2.50. The van der Waals surface area contributed by atoms with E-state index in [0.717, 1.165) is 32.2 Å². The number of hydrogen-bond acceptors (Lipinski definition) is 8. The van der Waals surface area contributed by atoms with Gasteiger partial charge in [-0.15, -0.1) is 0 Å². The summed E-state index contributed by atoms with van der Waals surface area (Å²) in [4.78, 5) is 39.1. The molecule has 0 saturated carbocycles. The Bertz CT molecular complexity index is 934. The Hall–Kier alpha value is -2.52. The molecule has 3 rings (SSSR count). The van der Waals surface area contributed by atoms with Gasteiger partial charge in [-0.2, -0.15) is 0 Å². The molecular formula is C25H36ClN3O6. The molecule has 1 aromatic rings. The van der Waals surface area contributed by atoms with Crippen molar-refractivity contribution in [1.82, 2.24) is 10.2 Å². The lowest BCUT2D eigenvalue weighted by Gasteiger charge is -2.39. The first-order chi connectivity index (χ1) is 16.5. The zero-order valence-electron chi connectivity index (χ0n) is 20.9. The van der Waals surface area contributed by atoms with Gasteiger partial charge in [-0.1, -0.05) is 11.6 Å². The van der Waals surface area contributed by atoms with Gasteiger partial charge in [0.05, 0.1) is 28.8 Å². The molecular weight excluding hydrogens is 474 g/mol. The summed E-state index contributed by atoms with van der Waals surface area (Å²) < 4.78 is 15.3. The van der Waals surface area contributed by atoms with Gasteiger partial charge in [-0.3, -0.25) is 19.3 Å². The number of anilines is 1. The number of nitrogens with two attached hydrogens (primary N) is 1. The molecule has 2 saturated heterocycles. The summed E-state index contributed by atoms with van der Waals surface area (Å²) >= 11 is 6.11. The van der Waals surface area contributed by atoms with E-state index in [1.165, 1.54) is 13.2 Å². The molecule has 9 nitrogen and oxygen atoms in total. The van der Waals surface area contributed by atoms with Crippen molar-refractivity contribution in [1.29, 1.82) is 0 Å². The number of halogens is 1. The highest BCUT2D eigenvalue weighted by molar-refractivity contribution is 6.33. The number of ether oxygens (including phenoxy) is 3. The fourth-order valence-corrected chi connectivity index (χ4v) is 4.94. The van der Waals surface area contributed by atoms with Crippen LogP contribution in [0.1, 0.15) is 69.7 Å². The summed E-state index contributed by atoms with van der Waals surface area (Å²) in [6, 6.07) is 3.88. The number of carbonyl (C=O) groups is 3. The number of amides is 1. The van der Waals surface area contributed by atoms with Crippen molar-refractivity contribution in [2.75, 3.05) is 26.2 Å². The van der Waals surface area contributed by atoms with Crippen molar-refractivity contribution < 1.29 is 28.6 Å². The van der Waals surface area contributed by atoms with Crippen molar-refractivity contribution in [3.63, 3.8) is 0 Å². The number of rotatable bonds is 9. The van der Waals surface area contributed by atoms with E-state index in [-0.39, 0.29) is 31.1 Å². The van der Waals surface area contributed by atoms with Gasteiger partial charge in [0.25, 0.3) is 5.91 Å². The third-order valence-corrected chi connectivity index (χ3v) is 6.93. The number of benzene rings is 1. The molecule has 2 aliphatic rings. The van der Waals surface area contributed by atoms with Crippen LogP contribution in [0.2, 0.25) is 5.02 Å². The van der Waals surface area contributed by atoms with Crippen LogP contribution in [0.4, 0.5) is 5.69 Å². The molecule has 0 aliphatic carbocycles. The Morgan fingerprint density at radius 2 is 1.80 bits per heavy atom. The van der Waals surface area contributed by atoms with Gasteiger partial charge in [0.15, 0.2) is 0 Å². The number of nitrogens with zero attached hydrogens (tertiary/aromatic N) is 1. The van der Waals surface area contributed by atoms with E-state index in [9.17, 15) is 14.4 Å². The molecule has 2 atom stereocenters. The van der Waals surface area contributed by atoms with Gasteiger partial charge in [-0.05, 0) is 65.5 Å². The average molecular weight is 510 g/mol. The van der Waals surface area contributed by atoms with Crippen LogP contribution in [-0.4, -0.2) is 61.3 Å². The number of fused-ring (bicyclic) bond motifs is 2. The van der Waals surface area contributed by atoms with Crippen molar-refractivity contribution in [3.8, 4) is 5.75 Å². The summed E-state index contributed by atoms with van der Waals surface area (Å²) in [5.41, 5.74) is 5.92. The lowest BCUT2D eigenvalue weighted by molar-refractivity contribution is -0.173. The number of nitrogens with one attached hydrogen (secondary N) is 1. The van der Waals surface area contributed by atoms with Crippen LogP contribution in [-0.2, 0) is 19.1 Å². The van der Waals surface area contributed by atoms with E-state index in [0.29, 0.717) is 40.5 Å². The van der Waals surface area contributed by atoms with Crippen molar-refractivity contribution >= 4 is 35.1 Å². The third-order valence-electron chi connectivity index (χ3n) is 6.60. The number of hydrogen-bond donors (Lipinski definition) is 2. The fourth-order valence-electron chi connectivity index (χ4n) is 4.78. The summed E-state index contributed by atoms with van der Waals surface area (Å²) in [6.45, 7) is 5.66. The van der Waals surface area contributed by atoms with Gasteiger partial charge in [0.1, 0.15) is 5.75 Å². The maximum Gasteiger partial charge on any atom is 0.314 e. The Labute approximate surface area is 211 Å². The number of esters is 2. The maximum absolute atomic E-state index is 12.9. The summed E-state index contributed by atoms with van der Waals surface area (Å²) in [5.74, 6) is -0.617. The highest BCUT2D eigenvalue weighted by atomic mass is 35.5. The van der Waals surface area contributed by atoms with Gasteiger partial charge >= 0.3 is 11.9 Å². The molecule has 0 aromatic heterocycles. The zero-order valence-corrected chi connectivity index (χ0v) is 21.7. The second-order valence-corrected chi connectivity index (χ2v) is 10.7. The van der Waals surface area contributed by atoms with Crippen molar-refractivity contribution in [2.45, 2.75) is 77.4 Å². The Balaban J connectivity index is 1.43. The predicted octanol–water partition coefficient (Wildman–Crippen LogP) is 3.53. The number of nitrogen functional groups attached to an aromatic ring is 1. The number of carbonyl (C=O) groups excluding carboxylic acids is 3. The molecule has 2 aliphatic heterocycles. The molecule has 2 fully saturated rings. The highest BCUT2D eigenvalue weighted by Crippen LogP contribution is 2.36. The molecule has 1 aromatic carbocycles. The van der Waals surface area contributed by atoms with Crippen molar-refractivity contribution in [3.05, 3.63) is 22.7 Å². The maximum atomic E-state index is 12.9. The standard InChI is InChI=1S/C25H36ClN3O6/c1-25(2,3)24(32)35-14-34-22(30)6-5-9-29-16-7-8-17(29)11-15(10-16)28-23(31)18-12-19(26)20(27)13-21(18)33-4/h12-13,15-17H,5-11,14,27H2,1-4H3,(H,28,31). The van der Waals surface area contributed by atoms with Gasteiger partial charge < -0.3 is 25.3 Å². The Morgan fingerprint density at radius 3 is 2.40 bits per heavy atom. The second-order valence-electron chi connectivity index (χ2n) is 10.3.